The van der Waals surface area contributed by atoms with E-state index < -0.39 is 0 Å². The first-order valence-corrected chi connectivity index (χ1v) is 11.0. The average Bonchev–Trinajstić information content (AvgIpc) is 3.36. The van der Waals surface area contributed by atoms with Crippen LogP contribution in [-0.4, -0.2) is 17.6 Å². The fourth-order valence-corrected chi connectivity index (χ4v) is 4.86. The predicted molar refractivity (Wildman–Crippen MR) is 119 cm³/mol. The van der Waals surface area contributed by atoms with Crippen molar-refractivity contribution >= 4 is 33.6 Å². The van der Waals surface area contributed by atoms with Crippen LogP contribution in [0.2, 0.25) is 0 Å². The van der Waals surface area contributed by atoms with Crippen LogP contribution in [0.4, 0.5) is 5.69 Å². The zero-order chi connectivity index (χ0) is 18.6. The maximum atomic E-state index is 4.16. The van der Waals surface area contributed by atoms with Crippen molar-refractivity contribution in [3.63, 3.8) is 0 Å². The minimum absolute atomic E-state index is 0.679. The smallest absolute Gasteiger partial charge is 0.0499 e. The van der Waals surface area contributed by atoms with Crippen LogP contribution in [0.3, 0.4) is 0 Å². The summed E-state index contributed by atoms with van der Waals surface area (Å²) in [6, 6.07) is 11.5. The Kier molecular flexibility index (Phi) is 5.65. The van der Waals surface area contributed by atoms with E-state index >= 15 is 0 Å². The summed E-state index contributed by atoms with van der Waals surface area (Å²) in [6.07, 6.45) is 8.59. The highest BCUT2D eigenvalue weighted by Gasteiger charge is 2.23. The topological polar surface area (TPSA) is 39.8 Å². The standard InChI is InChI=1S/C23H29N3S/c1-3-12-24-18-8-6-17(7-9-18)21-15-25-22-14-19(10-11-20(21)22)26-16(2)23-5-4-13-27-23/h4-5,10-11,13-15,17-18,24-26H,2-3,6-9,12H2,1H3. The number of aromatic amines is 1. The Morgan fingerprint density at radius 3 is 2.81 bits per heavy atom. The molecule has 0 spiro atoms. The molecule has 2 heterocycles. The van der Waals surface area contributed by atoms with Crippen molar-refractivity contribution in [2.75, 3.05) is 11.9 Å². The van der Waals surface area contributed by atoms with Crippen molar-refractivity contribution in [2.24, 2.45) is 0 Å². The lowest BCUT2D eigenvalue weighted by atomic mass is 9.81. The van der Waals surface area contributed by atoms with Gasteiger partial charge in [0.25, 0.3) is 0 Å². The number of aromatic nitrogens is 1. The minimum atomic E-state index is 0.679. The van der Waals surface area contributed by atoms with Crippen molar-refractivity contribution in [3.8, 4) is 0 Å². The van der Waals surface area contributed by atoms with Crippen LogP contribution in [-0.2, 0) is 0 Å². The largest absolute Gasteiger partial charge is 0.361 e. The van der Waals surface area contributed by atoms with Gasteiger partial charge in [0.1, 0.15) is 0 Å². The number of benzene rings is 1. The van der Waals surface area contributed by atoms with Gasteiger partial charge in [0.05, 0.1) is 0 Å². The van der Waals surface area contributed by atoms with Gasteiger partial charge in [0, 0.05) is 39.4 Å². The molecule has 27 heavy (non-hydrogen) atoms. The molecule has 1 aliphatic rings. The lowest BCUT2D eigenvalue weighted by Gasteiger charge is -2.29. The molecule has 142 valence electrons. The highest BCUT2D eigenvalue weighted by atomic mass is 32.1. The van der Waals surface area contributed by atoms with E-state index in [0.29, 0.717) is 12.0 Å². The fourth-order valence-electron chi connectivity index (χ4n) is 4.21. The van der Waals surface area contributed by atoms with Gasteiger partial charge >= 0.3 is 0 Å². The lowest BCUT2D eigenvalue weighted by Crippen LogP contribution is -2.33. The van der Waals surface area contributed by atoms with Gasteiger partial charge in [0.15, 0.2) is 0 Å². The van der Waals surface area contributed by atoms with Gasteiger partial charge < -0.3 is 15.6 Å². The number of fused-ring (bicyclic) bond motifs is 1. The highest BCUT2D eigenvalue weighted by molar-refractivity contribution is 7.11. The molecule has 0 saturated heterocycles. The van der Waals surface area contributed by atoms with Gasteiger partial charge in [-0.1, -0.05) is 25.6 Å². The van der Waals surface area contributed by atoms with Crippen LogP contribution in [0.5, 0.6) is 0 Å². The van der Waals surface area contributed by atoms with Crippen LogP contribution in [0, 0.1) is 0 Å². The second kappa shape index (κ2) is 8.32. The van der Waals surface area contributed by atoms with E-state index in [9.17, 15) is 0 Å². The minimum Gasteiger partial charge on any atom is -0.361 e. The quantitative estimate of drug-likeness (QED) is 0.448. The molecule has 1 aliphatic carbocycles. The van der Waals surface area contributed by atoms with Gasteiger partial charge in [-0.2, -0.15) is 0 Å². The lowest BCUT2D eigenvalue weighted by molar-refractivity contribution is 0.344. The van der Waals surface area contributed by atoms with Crippen molar-refractivity contribution < 1.29 is 0 Å². The first-order valence-electron chi connectivity index (χ1n) is 10.1. The second-order valence-electron chi connectivity index (χ2n) is 7.59. The molecule has 1 fully saturated rings. The van der Waals surface area contributed by atoms with Crippen molar-refractivity contribution in [2.45, 2.75) is 51.0 Å². The Hall–Kier alpha value is -2.04. The molecule has 0 unspecified atom stereocenters. The number of thiophene rings is 1. The zero-order valence-electron chi connectivity index (χ0n) is 16.1. The van der Waals surface area contributed by atoms with Gasteiger partial charge in [-0.3, -0.25) is 0 Å². The van der Waals surface area contributed by atoms with Crippen LogP contribution >= 0.6 is 11.3 Å². The molecule has 2 aromatic heterocycles. The Morgan fingerprint density at radius 1 is 1.22 bits per heavy atom. The molecule has 0 radical (unpaired) electrons. The summed E-state index contributed by atoms with van der Waals surface area (Å²) < 4.78 is 0. The number of rotatable bonds is 7. The molecule has 1 saturated carbocycles. The summed E-state index contributed by atoms with van der Waals surface area (Å²) in [5.41, 5.74) is 4.73. The predicted octanol–water partition coefficient (Wildman–Crippen LogP) is 6.34. The maximum absolute atomic E-state index is 4.16. The Bertz CT molecular complexity index is 886. The first-order chi connectivity index (χ1) is 13.2. The van der Waals surface area contributed by atoms with E-state index in [4.69, 9.17) is 0 Å². The van der Waals surface area contributed by atoms with Crippen LogP contribution < -0.4 is 10.6 Å². The highest BCUT2D eigenvalue weighted by Crippen LogP contribution is 2.37. The third-order valence-corrected chi connectivity index (χ3v) is 6.61. The Morgan fingerprint density at radius 2 is 2.07 bits per heavy atom. The van der Waals surface area contributed by atoms with E-state index in [1.807, 2.05) is 0 Å². The number of hydrogen-bond donors (Lipinski definition) is 3. The molecule has 0 bridgehead atoms. The summed E-state index contributed by atoms with van der Waals surface area (Å²) >= 11 is 1.71. The van der Waals surface area contributed by atoms with Crippen LogP contribution in [0.15, 0.2) is 48.5 Å². The second-order valence-corrected chi connectivity index (χ2v) is 8.54. The monoisotopic (exact) mass is 379 g/mol. The average molecular weight is 380 g/mol. The molecule has 3 aromatic rings. The third-order valence-electron chi connectivity index (χ3n) is 5.68. The van der Waals surface area contributed by atoms with E-state index in [-0.39, 0.29) is 0 Å². The normalized spacial score (nSPS) is 20.0. The van der Waals surface area contributed by atoms with Crippen molar-refractivity contribution in [1.82, 2.24) is 10.3 Å². The summed E-state index contributed by atoms with van der Waals surface area (Å²) in [5, 5.41) is 10.6. The molecule has 0 amide bonds. The maximum Gasteiger partial charge on any atom is 0.0499 e. The van der Waals surface area contributed by atoms with E-state index in [1.54, 1.807) is 11.3 Å². The van der Waals surface area contributed by atoms with E-state index in [0.717, 1.165) is 17.9 Å². The molecular formula is C23H29N3S. The fraction of sp³-hybridized carbons (Fsp3) is 0.391. The Labute approximate surface area is 165 Å². The molecule has 0 aliphatic heterocycles. The molecule has 4 heteroatoms. The summed E-state index contributed by atoms with van der Waals surface area (Å²) in [5.74, 6) is 0.679. The van der Waals surface area contributed by atoms with E-state index in [2.05, 4.69) is 71.0 Å². The number of H-pyrrole nitrogens is 1. The number of hydrogen-bond acceptors (Lipinski definition) is 3. The summed E-state index contributed by atoms with van der Waals surface area (Å²) in [7, 11) is 0. The molecule has 4 rings (SSSR count). The van der Waals surface area contributed by atoms with Gasteiger partial charge in [-0.05, 0) is 73.7 Å². The SMILES string of the molecule is C=C(Nc1ccc2c(C3CCC(NCCC)CC3)c[nH]c2c1)c1cccs1. The van der Waals surface area contributed by atoms with Crippen molar-refractivity contribution in [1.29, 1.82) is 0 Å². The molecule has 3 N–H and O–H groups in total. The van der Waals surface area contributed by atoms with Crippen LogP contribution in [0.25, 0.3) is 16.6 Å². The van der Waals surface area contributed by atoms with Gasteiger partial charge in [0.2, 0.25) is 0 Å². The summed E-state index contributed by atoms with van der Waals surface area (Å²) in [4.78, 5) is 4.67. The first kappa shape index (κ1) is 18.3. The zero-order valence-corrected chi connectivity index (χ0v) is 16.9. The molecular weight excluding hydrogens is 350 g/mol. The van der Waals surface area contributed by atoms with E-state index in [1.165, 1.54) is 53.4 Å². The summed E-state index contributed by atoms with van der Waals surface area (Å²) in [6.45, 7) is 7.55. The molecule has 0 atom stereocenters. The Balaban J connectivity index is 1.44. The van der Waals surface area contributed by atoms with Crippen molar-refractivity contribution in [3.05, 3.63) is 58.9 Å². The number of anilines is 1. The third kappa shape index (κ3) is 4.12. The van der Waals surface area contributed by atoms with Gasteiger partial charge in [-0.15, -0.1) is 11.3 Å². The van der Waals surface area contributed by atoms with Gasteiger partial charge in [-0.25, -0.2) is 0 Å². The van der Waals surface area contributed by atoms with Crippen LogP contribution in [0.1, 0.15) is 55.4 Å². The molecule has 3 nitrogen and oxygen atoms in total. The molecule has 1 aromatic carbocycles. The number of nitrogens with one attached hydrogen (secondary N) is 3.